The van der Waals surface area contributed by atoms with Crippen molar-refractivity contribution in [2.45, 2.75) is 39.3 Å². The van der Waals surface area contributed by atoms with E-state index < -0.39 is 0 Å². The molecule has 1 fully saturated rings. The van der Waals surface area contributed by atoms with Gasteiger partial charge in [0.15, 0.2) is 11.6 Å². The first-order valence-corrected chi connectivity index (χ1v) is 7.38. The molecule has 1 aliphatic rings. The zero-order chi connectivity index (χ0) is 14.8. The minimum Gasteiger partial charge on any atom is -0.454 e. The van der Waals surface area contributed by atoms with E-state index >= 15 is 0 Å². The van der Waals surface area contributed by atoms with Gasteiger partial charge in [0.25, 0.3) is 0 Å². The molecule has 0 radical (unpaired) electrons. The summed E-state index contributed by atoms with van der Waals surface area (Å²) in [5.41, 5.74) is 3.17. The van der Waals surface area contributed by atoms with Gasteiger partial charge >= 0.3 is 0 Å². The van der Waals surface area contributed by atoms with Crippen LogP contribution < -0.4 is 10.1 Å². The van der Waals surface area contributed by atoms with Crippen LogP contribution in [0.25, 0.3) is 0 Å². The van der Waals surface area contributed by atoms with Crippen molar-refractivity contribution in [3.05, 3.63) is 58.9 Å². The lowest BCUT2D eigenvalue weighted by molar-refractivity contribution is 0.441. The molecule has 2 aromatic carbocycles. The van der Waals surface area contributed by atoms with E-state index in [0.29, 0.717) is 18.3 Å². The SMILES string of the molecule is Cc1cc(C)cc(Oc2ccc(CNC3CC3)cc2F)c1. The molecule has 2 nitrogen and oxygen atoms in total. The van der Waals surface area contributed by atoms with Gasteiger partial charge in [-0.3, -0.25) is 0 Å². The molecule has 0 spiro atoms. The van der Waals surface area contributed by atoms with Crippen molar-refractivity contribution in [1.82, 2.24) is 5.32 Å². The molecule has 1 saturated carbocycles. The van der Waals surface area contributed by atoms with Gasteiger partial charge in [0.1, 0.15) is 5.75 Å². The molecular formula is C18H20FNO. The molecule has 0 aliphatic heterocycles. The van der Waals surface area contributed by atoms with Crippen molar-refractivity contribution in [1.29, 1.82) is 0 Å². The van der Waals surface area contributed by atoms with E-state index in [1.54, 1.807) is 12.1 Å². The molecule has 0 bridgehead atoms. The third kappa shape index (κ3) is 3.82. The molecule has 1 N–H and O–H groups in total. The van der Waals surface area contributed by atoms with E-state index in [4.69, 9.17) is 4.74 Å². The molecule has 0 aromatic heterocycles. The highest BCUT2D eigenvalue weighted by molar-refractivity contribution is 5.38. The van der Waals surface area contributed by atoms with Crippen molar-refractivity contribution in [2.75, 3.05) is 0 Å². The summed E-state index contributed by atoms with van der Waals surface area (Å²) in [4.78, 5) is 0. The Morgan fingerprint density at radius 3 is 2.43 bits per heavy atom. The Bertz CT molecular complexity index is 629. The van der Waals surface area contributed by atoms with E-state index in [1.807, 2.05) is 32.0 Å². The molecule has 0 amide bonds. The number of ether oxygens (including phenoxy) is 1. The van der Waals surface area contributed by atoms with Crippen LogP contribution in [0, 0.1) is 19.7 Å². The molecule has 0 atom stereocenters. The van der Waals surface area contributed by atoms with Crippen molar-refractivity contribution in [3.8, 4) is 11.5 Å². The molecule has 1 aliphatic carbocycles. The maximum Gasteiger partial charge on any atom is 0.166 e. The fraction of sp³-hybridized carbons (Fsp3) is 0.333. The monoisotopic (exact) mass is 285 g/mol. The third-order valence-electron chi connectivity index (χ3n) is 3.59. The molecule has 3 rings (SSSR count). The summed E-state index contributed by atoms with van der Waals surface area (Å²) >= 11 is 0. The highest BCUT2D eigenvalue weighted by Crippen LogP contribution is 2.27. The standard InChI is InChI=1S/C18H20FNO/c1-12-7-13(2)9-16(8-12)21-18-6-3-14(10-17(18)19)11-20-15-4-5-15/h3,6-10,15,20H,4-5,11H2,1-2H3. The van der Waals surface area contributed by atoms with E-state index in [-0.39, 0.29) is 11.6 Å². The molecule has 110 valence electrons. The summed E-state index contributed by atoms with van der Waals surface area (Å²) in [5, 5.41) is 3.38. The van der Waals surface area contributed by atoms with Crippen LogP contribution in [-0.4, -0.2) is 6.04 Å². The normalized spacial score (nSPS) is 14.2. The first-order valence-electron chi connectivity index (χ1n) is 7.38. The minimum atomic E-state index is -0.316. The highest BCUT2D eigenvalue weighted by atomic mass is 19.1. The van der Waals surface area contributed by atoms with Crippen LogP contribution in [0.5, 0.6) is 11.5 Å². The zero-order valence-corrected chi connectivity index (χ0v) is 12.4. The summed E-state index contributed by atoms with van der Waals surface area (Å²) in [5.74, 6) is 0.634. The maximum atomic E-state index is 14.1. The fourth-order valence-electron chi connectivity index (χ4n) is 2.41. The number of rotatable bonds is 5. The summed E-state index contributed by atoms with van der Waals surface area (Å²) in [6, 6.07) is 11.7. The second-order valence-electron chi connectivity index (χ2n) is 5.85. The van der Waals surface area contributed by atoms with Crippen molar-refractivity contribution in [2.24, 2.45) is 0 Å². The number of hydrogen-bond donors (Lipinski definition) is 1. The molecule has 0 unspecified atom stereocenters. The lowest BCUT2D eigenvalue weighted by Gasteiger charge is -2.10. The highest BCUT2D eigenvalue weighted by Gasteiger charge is 2.20. The van der Waals surface area contributed by atoms with E-state index in [2.05, 4.69) is 11.4 Å². The largest absolute Gasteiger partial charge is 0.454 e. The summed E-state index contributed by atoms with van der Waals surface area (Å²) < 4.78 is 19.8. The average molecular weight is 285 g/mol. The first-order chi connectivity index (χ1) is 10.1. The van der Waals surface area contributed by atoms with Gasteiger partial charge < -0.3 is 10.1 Å². The van der Waals surface area contributed by atoms with Gasteiger partial charge in [0, 0.05) is 12.6 Å². The number of benzene rings is 2. The predicted octanol–water partition coefficient (Wildman–Crippen LogP) is 4.49. The predicted molar refractivity (Wildman–Crippen MR) is 82.3 cm³/mol. The number of halogens is 1. The maximum absolute atomic E-state index is 14.1. The third-order valence-corrected chi connectivity index (χ3v) is 3.59. The van der Waals surface area contributed by atoms with Crippen LogP contribution in [0.2, 0.25) is 0 Å². The van der Waals surface area contributed by atoms with Gasteiger partial charge in [-0.25, -0.2) is 4.39 Å². The van der Waals surface area contributed by atoms with Gasteiger partial charge in [-0.1, -0.05) is 12.1 Å². The van der Waals surface area contributed by atoms with Gasteiger partial charge in [0.2, 0.25) is 0 Å². The quantitative estimate of drug-likeness (QED) is 0.874. The average Bonchev–Trinajstić information content (AvgIpc) is 3.22. The van der Waals surface area contributed by atoms with Gasteiger partial charge in [0.05, 0.1) is 0 Å². The Morgan fingerprint density at radius 1 is 1.10 bits per heavy atom. The summed E-state index contributed by atoms with van der Waals surface area (Å²) in [6.07, 6.45) is 2.47. The Balaban J connectivity index is 1.72. The smallest absolute Gasteiger partial charge is 0.166 e. The molecule has 3 heteroatoms. The second kappa shape index (κ2) is 5.86. The zero-order valence-electron chi connectivity index (χ0n) is 12.4. The Morgan fingerprint density at radius 2 is 1.81 bits per heavy atom. The second-order valence-corrected chi connectivity index (χ2v) is 5.85. The van der Waals surface area contributed by atoms with Crippen LogP contribution >= 0.6 is 0 Å². The molecule has 21 heavy (non-hydrogen) atoms. The van der Waals surface area contributed by atoms with E-state index in [9.17, 15) is 4.39 Å². The molecular weight excluding hydrogens is 265 g/mol. The number of hydrogen-bond acceptors (Lipinski definition) is 2. The molecule has 2 aromatic rings. The fourth-order valence-corrected chi connectivity index (χ4v) is 2.41. The van der Waals surface area contributed by atoms with Gasteiger partial charge in [-0.15, -0.1) is 0 Å². The Labute approximate surface area is 125 Å². The molecule has 0 heterocycles. The van der Waals surface area contributed by atoms with Crippen LogP contribution in [0.1, 0.15) is 29.5 Å². The Hall–Kier alpha value is -1.87. The Kier molecular flexibility index (Phi) is 3.93. The summed E-state index contributed by atoms with van der Waals surface area (Å²) in [7, 11) is 0. The van der Waals surface area contributed by atoms with Crippen LogP contribution in [0.4, 0.5) is 4.39 Å². The number of aryl methyl sites for hydroxylation is 2. The van der Waals surface area contributed by atoms with Gasteiger partial charge in [-0.2, -0.15) is 0 Å². The van der Waals surface area contributed by atoms with Gasteiger partial charge in [-0.05, 0) is 67.6 Å². The first kappa shape index (κ1) is 14.1. The lowest BCUT2D eigenvalue weighted by Crippen LogP contribution is -2.15. The van der Waals surface area contributed by atoms with Crippen LogP contribution in [0.3, 0.4) is 0 Å². The summed E-state index contributed by atoms with van der Waals surface area (Å²) in [6.45, 7) is 4.72. The van der Waals surface area contributed by atoms with Crippen molar-refractivity contribution < 1.29 is 9.13 Å². The number of nitrogens with one attached hydrogen (secondary N) is 1. The van der Waals surface area contributed by atoms with Crippen molar-refractivity contribution in [3.63, 3.8) is 0 Å². The van der Waals surface area contributed by atoms with E-state index in [1.165, 1.54) is 12.8 Å². The minimum absolute atomic E-state index is 0.273. The lowest BCUT2D eigenvalue weighted by atomic mass is 10.1. The topological polar surface area (TPSA) is 21.3 Å². The van der Waals surface area contributed by atoms with Crippen molar-refractivity contribution >= 4 is 0 Å². The van der Waals surface area contributed by atoms with E-state index in [0.717, 1.165) is 16.7 Å². The molecule has 0 saturated heterocycles. The van der Waals surface area contributed by atoms with Crippen LogP contribution in [0.15, 0.2) is 36.4 Å². The van der Waals surface area contributed by atoms with Crippen LogP contribution in [-0.2, 0) is 6.54 Å².